The SMILES string of the molecule is CCCc1nc2c(NCCN3CCN(c4cccc(Cl)c4Cl)CC3)ncnc2n1-c1ccccc1. The van der Waals surface area contributed by atoms with Crippen LogP contribution in [0.1, 0.15) is 19.2 Å². The van der Waals surface area contributed by atoms with E-state index in [0.29, 0.717) is 10.0 Å². The Morgan fingerprint density at radius 2 is 1.74 bits per heavy atom. The molecule has 0 radical (unpaired) electrons. The fraction of sp³-hybridized carbons (Fsp3) is 0.346. The van der Waals surface area contributed by atoms with Gasteiger partial charge in [0.1, 0.15) is 12.2 Å². The topological polar surface area (TPSA) is 62.1 Å². The Morgan fingerprint density at radius 1 is 0.943 bits per heavy atom. The molecule has 35 heavy (non-hydrogen) atoms. The summed E-state index contributed by atoms with van der Waals surface area (Å²) in [6, 6.07) is 16.1. The van der Waals surface area contributed by atoms with Crippen molar-refractivity contribution in [1.82, 2.24) is 24.4 Å². The summed E-state index contributed by atoms with van der Waals surface area (Å²) >= 11 is 12.6. The number of fused-ring (bicyclic) bond motifs is 1. The highest BCUT2D eigenvalue weighted by Gasteiger charge is 2.20. The van der Waals surface area contributed by atoms with Gasteiger partial charge in [-0.05, 0) is 30.7 Å². The van der Waals surface area contributed by atoms with Crippen molar-refractivity contribution in [3.63, 3.8) is 0 Å². The first kappa shape index (κ1) is 23.9. The molecule has 4 aromatic rings. The molecule has 2 aromatic carbocycles. The summed E-state index contributed by atoms with van der Waals surface area (Å²) in [5.74, 6) is 1.79. The van der Waals surface area contributed by atoms with Crippen molar-refractivity contribution in [3.05, 3.63) is 70.7 Å². The van der Waals surface area contributed by atoms with E-state index < -0.39 is 0 Å². The molecule has 0 spiro atoms. The predicted molar refractivity (Wildman–Crippen MR) is 144 cm³/mol. The third-order valence-electron chi connectivity index (χ3n) is 6.37. The third kappa shape index (κ3) is 5.08. The van der Waals surface area contributed by atoms with E-state index in [1.165, 1.54) is 0 Å². The van der Waals surface area contributed by atoms with Gasteiger partial charge in [0.15, 0.2) is 17.0 Å². The molecule has 0 saturated carbocycles. The number of benzene rings is 2. The molecule has 0 amide bonds. The maximum absolute atomic E-state index is 6.42. The summed E-state index contributed by atoms with van der Waals surface area (Å²) in [5, 5.41) is 4.74. The van der Waals surface area contributed by atoms with E-state index in [4.69, 9.17) is 28.2 Å². The number of hydrogen-bond donors (Lipinski definition) is 1. The number of nitrogens with zero attached hydrogens (tertiary/aromatic N) is 6. The Kier molecular flexibility index (Phi) is 7.37. The lowest BCUT2D eigenvalue weighted by Crippen LogP contribution is -2.47. The van der Waals surface area contributed by atoms with Crippen LogP contribution in [-0.2, 0) is 6.42 Å². The van der Waals surface area contributed by atoms with Crippen molar-refractivity contribution in [2.75, 3.05) is 49.5 Å². The minimum absolute atomic E-state index is 0.601. The highest BCUT2D eigenvalue weighted by molar-refractivity contribution is 6.43. The van der Waals surface area contributed by atoms with E-state index >= 15 is 0 Å². The van der Waals surface area contributed by atoms with Crippen molar-refractivity contribution in [3.8, 4) is 5.69 Å². The monoisotopic (exact) mass is 509 g/mol. The van der Waals surface area contributed by atoms with Crippen LogP contribution in [0.2, 0.25) is 10.0 Å². The second-order valence-electron chi connectivity index (χ2n) is 8.67. The van der Waals surface area contributed by atoms with Crippen molar-refractivity contribution < 1.29 is 0 Å². The molecule has 3 heterocycles. The Bertz CT molecular complexity index is 1280. The molecule has 0 aliphatic carbocycles. The van der Waals surface area contributed by atoms with Crippen molar-refractivity contribution in [2.24, 2.45) is 0 Å². The third-order valence-corrected chi connectivity index (χ3v) is 7.18. The summed E-state index contributed by atoms with van der Waals surface area (Å²) in [6.07, 6.45) is 3.51. The number of aromatic nitrogens is 4. The molecule has 0 unspecified atom stereocenters. The number of rotatable bonds is 8. The fourth-order valence-corrected chi connectivity index (χ4v) is 5.00. The van der Waals surface area contributed by atoms with Crippen molar-refractivity contribution in [1.29, 1.82) is 0 Å². The lowest BCUT2D eigenvalue weighted by molar-refractivity contribution is 0.267. The van der Waals surface area contributed by atoms with Crippen LogP contribution in [0.25, 0.3) is 16.9 Å². The molecule has 1 saturated heterocycles. The highest BCUT2D eigenvalue weighted by Crippen LogP contribution is 2.33. The van der Waals surface area contributed by atoms with E-state index in [1.807, 2.05) is 36.4 Å². The van der Waals surface area contributed by atoms with Crippen LogP contribution in [0.15, 0.2) is 54.9 Å². The molecule has 9 heteroatoms. The Morgan fingerprint density at radius 3 is 2.51 bits per heavy atom. The molecule has 5 rings (SSSR count). The normalized spacial score (nSPS) is 14.5. The number of hydrogen-bond acceptors (Lipinski definition) is 6. The van der Waals surface area contributed by atoms with Gasteiger partial charge in [0.25, 0.3) is 0 Å². The second-order valence-corrected chi connectivity index (χ2v) is 9.46. The Labute approximate surface area is 215 Å². The molecule has 0 atom stereocenters. The zero-order chi connectivity index (χ0) is 24.2. The molecule has 2 aromatic heterocycles. The highest BCUT2D eigenvalue weighted by atomic mass is 35.5. The van der Waals surface area contributed by atoms with Gasteiger partial charge in [-0.1, -0.05) is 54.4 Å². The first-order chi connectivity index (χ1) is 17.2. The van der Waals surface area contributed by atoms with E-state index in [1.54, 1.807) is 6.33 Å². The Balaban J connectivity index is 1.24. The van der Waals surface area contributed by atoms with E-state index in [9.17, 15) is 0 Å². The molecular weight excluding hydrogens is 481 g/mol. The smallest absolute Gasteiger partial charge is 0.170 e. The van der Waals surface area contributed by atoms with Gasteiger partial charge in [-0.25, -0.2) is 15.0 Å². The van der Waals surface area contributed by atoms with Crippen LogP contribution in [0.5, 0.6) is 0 Å². The summed E-state index contributed by atoms with van der Waals surface area (Å²) in [4.78, 5) is 18.8. The van der Waals surface area contributed by atoms with Crippen LogP contribution in [0.3, 0.4) is 0 Å². The molecule has 0 bridgehead atoms. The van der Waals surface area contributed by atoms with Crippen molar-refractivity contribution in [2.45, 2.75) is 19.8 Å². The van der Waals surface area contributed by atoms with Gasteiger partial charge < -0.3 is 10.2 Å². The minimum Gasteiger partial charge on any atom is -0.368 e. The molecule has 1 aliphatic heterocycles. The van der Waals surface area contributed by atoms with Gasteiger partial charge in [-0.15, -0.1) is 0 Å². The summed E-state index contributed by atoms with van der Waals surface area (Å²) in [6.45, 7) is 7.63. The van der Waals surface area contributed by atoms with Crippen molar-refractivity contribution >= 4 is 45.9 Å². The average Bonchev–Trinajstić information content (AvgIpc) is 3.26. The molecular formula is C26H29Cl2N7. The largest absolute Gasteiger partial charge is 0.368 e. The first-order valence-corrected chi connectivity index (χ1v) is 12.8. The Hall–Kier alpha value is -2.87. The van der Waals surface area contributed by atoms with Gasteiger partial charge in [0.05, 0.1) is 15.7 Å². The molecule has 1 aliphatic rings. The van der Waals surface area contributed by atoms with E-state index in [-0.39, 0.29) is 0 Å². The number of imidazole rings is 1. The number of piperazine rings is 1. The van der Waals surface area contributed by atoms with Gasteiger partial charge in [0.2, 0.25) is 0 Å². The van der Waals surface area contributed by atoms with Crippen LogP contribution >= 0.6 is 23.2 Å². The van der Waals surface area contributed by atoms with Crippen LogP contribution in [-0.4, -0.2) is 63.7 Å². The maximum atomic E-state index is 6.42. The fourth-order valence-electron chi connectivity index (χ4n) is 4.59. The molecule has 7 nitrogen and oxygen atoms in total. The number of nitrogens with one attached hydrogen (secondary N) is 1. The number of halogens is 2. The lowest BCUT2D eigenvalue weighted by Gasteiger charge is -2.36. The van der Waals surface area contributed by atoms with Crippen LogP contribution in [0.4, 0.5) is 11.5 Å². The van der Waals surface area contributed by atoms with E-state index in [0.717, 1.165) is 86.3 Å². The van der Waals surface area contributed by atoms with Crippen LogP contribution in [0, 0.1) is 0 Å². The van der Waals surface area contributed by atoms with Gasteiger partial charge >= 0.3 is 0 Å². The maximum Gasteiger partial charge on any atom is 0.170 e. The number of anilines is 2. The standard InChI is InChI=1S/C26H29Cl2N7/c1-2-7-22-32-24-25(30-18-31-26(24)35(22)19-8-4-3-5-9-19)29-12-13-33-14-16-34(17-15-33)21-11-6-10-20(27)23(21)28/h3-6,8-11,18H,2,7,12-17H2,1H3,(H,29,30,31). The van der Waals surface area contributed by atoms with Crippen LogP contribution < -0.4 is 10.2 Å². The first-order valence-electron chi connectivity index (χ1n) is 12.1. The zero-order valence-electron chi connectivity index (χ0n) is 19.8. The summed E-state index contributed by atoms with van der Waals surface area (Å²) in [7, 11) is 0. The van der Waals surface area contributed by atoms with Gasteiger partial charge in [0, 0.05) is 51.4 Å². The summed E-state index contributed by atoms with van der Waals surface area (Å²) < 4.78 is 2.14. The van der Waals surface area contributed by atoms with E-state index in [2.05, 4.69) is 48.7 Å². The van der Waals surface area contributed by atoms with Gasteiger partial charge in [-0.2, -0.15) is 0 Å². The second kappa shape index (κ2) is 10.8. The zero-order valence-corrected chi connectivity index (χ0v) is 21.3. The molecule has 1 fully saturated rings. The number of aryl methyl sites for hydroxylation is 1. The lowest BCUT2D eigenvalue weighted by atomic mass is 10.2. The average molecular weight is 510 g/mol. The summed E-state index contributed by atoms with van der Waals surface area (Å²) in [5.41, 5.74) is 3.74. The number of para-hydroxylation sites is 1. The van der Waals surface area contributed by atoms with Gasteiger partial charge in [-0.3, -0.25) is 9.47 Å². The molecule has 1 N–H and O–H groups in total. The quantitative estimate of drug-likeness (QED) is 0.347. The minimum atomic E-state index is 0.601. The molecule has 182 valence electrons. The predicted octanol–water partition coefficient (Wildman–Crippen LogP) is 5.31.